The minimum absolute atomic E-state index is 0.119. The van der Waals surface area contributed by atoms with Crippen molar-refractivity contribution in [2.45, 2.75) is 65.0 Å². The van der Waals surface area contributed by atoms with Gasteiger partial charge in [-0.25, -0.2) is 9.97 Å². The molecule has 0 unspecified atom stereocenters. The summed E-state index contributed by atoms with van der Waals surface area (Å²) in [5, 5.41) is 0. The number of piperidine rings is 1. The molecule has 140 valence electrons. The third-order valence-electron chi connectivity index (χ3n) is 5.11. The second-order valence-electron chi connectivity index (χ2n) is 7.27. The Labute approximate surface area is 153 Å². The SMILES string of the molecule is Cc1nccn1CC[C@H]1CCCCN1C(=O)c1cnc(C(C)C)[nH]c1=O. The zero-order chi connectivity index (χ0) is 18.7. The Hall–Kier alpha value is -2.44. The van der Waals surface area contributed by atoms with Crippen LogP contribution in [0.25, 0.3) is 0 Å². The number of hydrogen-bond acceptors (Lipinski definition) is 4. The van der Waals surface area contributed by atoms with Gasteiger partial charge in [0.05, 0.1) is 0 Å². The fourth-order valence-electron chi connectivity index (χ4n) is 3.51. The van der Waals surface area contributed by atoms with Crippen molar-refractivity contribution >= 4 is 5.91 Å². The van der Waals surface area contributed by atoms with E-state index >= 15 is 0 Å². The quantitative estimate of drug-likeness (QED) is 0.891. The molecule has 0 aromatic carbocycles. The molecule has 0 aliphatic carbocycles. The summed E-state index contributed by atoms with van der Waals surface area (Å²) in [5.41, 5.74) is -0.205. The minimum Gasteiger partial charge on any atom is -0.335 e. The first kappa shape index (κ1) is 18.4. The van der Waals surface area contributed by atoms with Crippen LogP contribution in [-0.2, 0) is 6.54 Å². The fraction of sp³-hybridized carbons (Fsp3) is 0.579. The number of aromatic amines is 1. The molecule has 0 bridgehead atoms. The van der Waals surface area contributed by atoms with Crippen LogP contribution in [0.1, 0.15) is 67.5 Å². The van der Waals surface area contributed by atoms with Gasteiger partial charge in [0, 0.05) is 43.6 Å². The van der Waals surface area contributed by atoms with Crippen molar-refractivity contribution in [2.24, 2.45) is 0 Å². The Kier molecular flexibility index (Phi) is 5.54. The van der Waals surface area contributed by atoms with Crippen molar-refractivity contribution in [3.8, 4) is 0 Å². The zero-order valence-electron chi connectivity index (χ0n) is 15.7. The maximum Gasteiger partial charge on any atom is 0.263 e. The van der Waals surface area contributed by atoms with E-state index in [0.29, 0.717) is 12.4 Å². The number of likely N-dealkylation sites (tertiary alicyclic amines) is 1. The van der Waals surface area contributed by atoms with Gasteiger partial charge < -0.3 is 14.5 Å². The van der Waals surface area contributed by atoms with Crippen LogP contribution in [0.2, 0.25) is 0 Å². The van der Waals surface area contributed by atoms with Crippen molar-refractivity contribution in [3.63, 3.8) is 0 Å². The minimum atomic E-state index is -0.344. The first-order chi connectivity index (χ1) is 12.5. The predicted octanol–water partition coefficient (Wildman–Crippen LogP) is 2.48. The second-order valence-corrected chi connectivity index (χ2v) is 7.27. The number of carbonyl (C=O) groups is 1. The molecule has 1 N–H and O–H groups in total. The Morgan fingerprint density at radius 2 is 2.15 bits per heavy atom. The van der Waals surface area contributed by atoms with Crippen molar-refractivity contribution in [2.75, 3.05) is 6.54 Å². The molecule has 7 heteroatoms. The van der Waals surface area contributed by atoms with Crippen molar-refractivity contribution < 1.29 is 4.79 Å². The molecule has 3 rings (SSSR count). The van der Waals surface area contributed by atoms with E-state index in [1.165, 1.54) is 6.20 Å². The number of aromatic nitrogens is 4. The molecule has 1 saturated heterocycles. The highest BCUT2D eigenvalue weighted by Crippen LogP contribution is 2.22. The van der Waals surface area contributed by atoms with Crippen molar-refractivity contribution in [1.82, 2.24) is 24.4 Å². The molecule has 3 heterocycles. The van der Waals surface area contributed by atoms with E-state index in [1.807, 2.05) is 31.9 Å². The number of H-pyrrole nitrogens is 1. The van der Waals surface area contributed by atoms with E-state index in [2.05, 4.69) is 19.5 Å². The van der Waals surface area contributed by atoms with E-state index in [9.17, 15) is 9.59 Å². The third kappa shape index (κ3) is 3.86. The molecule has 1 amide bonds. The Bertz CT molecular complexity index is 823. The number of nitrogens with one attached hydrogen (secondary N) is 1. The van der Waals surface area contributed by atoms with Crippen LogP contribution in [0.5, 0.6) is 0 Å². The topological polar surface area (TPSA) is 83.9 Å². The molecule has 1 atom stereocenters. The normalized spacial score (nSPS) is 17.7. The monoisotopic (exact) mass is 357 g/mol. The van der Waals surface area contributed by atoms with Gasteiger partial charge in [-0.3, -0.25) is 9.59 Å². The Morgan fingerprint density at radius 1 is 1.35 bits per heavy atom. The van der Waals surface area contributed by atoms with Crippen LogP contribution in [0.15, 0.2) is 23.4 Å². The number of aryl methyl sites for hydroxylation is 2. The summed E-state index contributed by atoms with van der Waals surface area (Å²) < 4.78 is 2.10. The lowest BCUT2D eigenvalue weighted by atomic mass is 9.98. The third-order valence-corrected chi connectivity index (χ3v) is 5.11. The molecule has 1 aliphatic rings. The van der Waals surface area contributed by atoms with E-state index < -0.39 is 0 Å². The van der Waals surface area contributed by atoms with Gasteiger partial charge in [-0.2, -0.15) is 0 Å². The molecule has 1 aliphatic heterocycles. The maximum absolute atomic E-state index is 13.0. The Balaban J connectivity index is 1.75. The zero-order valence-corrected chi connectivity index (χ0v) is 15.7. The van der Waals surface area contributed by atoms with Crippen LogP contribution in [0.4, 0.5) is 0 Å². The van der Waals surface area contributed by atoms with Gasteiger partial charge in [0.25, 0.3) is 11.5 Å². The van der Waals surface area contributed by atoms with Crippen LogP contribution >= 0.6 is 0 Å². The van der Waals surface area contributed by atoms with E-state index in [0.717, 1.165) is 38.1 Å². The molecule has 2 aromatic rings. The van der Waals surface area contributed by atoms with Gasteiger partial charge in [-0.15, -0.1) is 0 Å². The number of imidazole rings is 1. The molecule has 0 radical (unpaired) electrons. The average Bonchev–Trinajstić information content (AvgIpc) is 3.04. The Morgan fingerprint density at radius 3 is 2.81 bits per heavy atom. The number of hydrogen-bond donors (Lipinski definition) is 1. The summed E-state index contributed by atoms with van der Waals surface area (Å²) in [6.45, 7) is 7.40. The van der Waals surface area contributed by atoms with Gasteiger partial charge in [-0.05, 0) is 32.6 Å². The molecule has 7 nitrogen and oxygen atoms in total. The standard InChI is InChI=1S/C19H27N5O2/c1-13(2)17-21-12-16(18(25)22-17)19(26)24-9-5-4-6-15(24)7-10-23-11-8-20-14(23)3/h8,11-13,15H,4-7,9-10H2,1-3H3,(H,21,22,25)/t15-/m1/s1. The number of nitrogens with zero attached hydrogens (tertiary/aromatic N) is 4. The van der Waals surface area contributed by atoms with E-state index in [1.54, 1.807) is 6.20 Å². The summed E-state index contributed by atoms with van der Waals surface area (Å²) in [4.78, 5) is 38.5. The number of rotatable bonds is 5. The van der Waals surface area contributed by atoms with Gasteiger partial charge in [-0.1, -0.05) is 13.8 Å². The lowest BCUT2D eigenvalue weighted by Crippen LogP contribution is -2.45. The van der Waals surface area contributed by atoms with Crippen molar-refractivity contribution in [1.29, 1.82) is 0 Å². The first-order valence-electron chi connectivity index (χ1n) is 9.35. The summed E-state index contributed by atoms with van der Waals surface area (Å²) in [6.07, 6.45) is 9.10. The predicted molar refractivity (Wildman–Crippen MR) is 99.2 cm³/mol. The maximum atomic E-state index is 13.0. The lowest BCUT2D eigenvalue weighted by Gasteiger charge is -2.36. The molecule has 26 heavy (non-hydrogen) atoms. The molecule has 0 saturated carbocycles. The fourth-order valence-corrected chi connectivity index (χ4v) is 3.51. The van der Waals surface area contributed by atoms with Gasteiger partial charge >= 0.3 is 0 Å². The van der Waals surface area contributed by atoms with Crippen molar-refractivity contribution in [3.05, 3.63) is 46.2 Å². The average molecular weight is 357 g/mol. The molecular weight excluding hydrogens is 330 g/mol. The number of amides is 1. The molecule has 1 fully saturated rings. The van der Waals surface area contributed by atoms with Crippen LogP contribution in [-0.4, -0.2) is 42.9 Å². The summed E-state index contributed by atoms with van der Waals surface area (Å²) in [5.74, 6) is 1.50. The highest BCUT2D eigenvalue weighted by molar-refractivity contribution is 5.93. The van der Waals surface area contributed by atoms with Gasteiger partial charge in [0.15, 0.2) is 0 Å². The smallest absolute Gasteiger partial charge is 0.263 e. The second kappa shape index (κ2) is 7.85. The number of carbonyl (C=O) groups excluding carboxylic acids is 1. The highest BCUT2D eigenvalue weighted by atomic mass is 16.2. The first-order valence-corrected chi connectivity index (χ1v) is 9.35. The lowest BCUT2D eigenvalue weighted by molar-refractivity contribution is 0.0593. The van der Waals surface area contributed by atoms with Crippen LogP contribution < -0.4 is 5.56 Å². The van der Waals surface area contributed by atoms with E-state index in [-0.39, 0.29) is 29.0 Å². The summed E-state index contributed by atoms with van der Waals surface area (Å²) >= 11 is 0. The van der Waals surface area contributed by atoms with Gasteiger partial charge in [0.1, 0.15) is 17.2 Å². The van der Waals surface area contributed by atoms with Gasteiger partial charge in [0.2, 0.25) is 0 Å². The highest BCUT2D eigenvalue weighted by Gasteiger charge is 2.29. The molecule has 2 aromatic heterocycles. The van der Waals surface area contributed by atoms with Crippen LogP contribution in [0, 0.1) is 6.92 Å². The van der Waals surface area contributed by atoms with E-state index in [4.69, 9.17) is 0 Å². The van der Waals surface area contributed by atoms with Crippen LogP contribution in [0.3, 0.4) is 0 Å². The largest absolute Gasteiger partial charge is 0.335 e. The summed E-state index contributed by atoms with van der Waals surface area (Å²) in [7, 11) is 0. The summed E-state index contributed by atoms with van der Waals surface area (Å²) in [6, 6.07) is 0.141. The molecule has 0 spiro atoms. The molecular formula is C19H27N5O2.